The Hall–Kier alpha value is -2.38. The van der Waals surface area contributed by atoms with Gasteiger partial charge in [0.1, 0.15) is 5.75 Å². The smallest absolute Gasteiger partial charge is 0.265 e. The SMILES string of the molecule is O=C(C1CN(C(=O)c2ccccc2Br)c2ccccc2O1)N1CCOCC1. The van der Waals surface area contributed by atoms with Gasteiger partial charge in [0.15, 0.2) is 6.10 Å². The molecule has 0 spiro atoms. The van der Waals surface area contributed by atoms with Crippen LogP contribution in [0, 0.1) is 0 Å². The van der Waals surface area contributed by atoms with Crippen LogP contribution in [0.5, 0.6) is 5.75 Å². The summed E-state index contributed by atoms with van der Waals surface area (Å²) in [5.41, 5.74) is 1.22. The number of nitrogens with zero attached hydrogens (tertiary/aromatic N) is 2. The fourth-order valence-corrected chi connectivity index (χ4v) is 3.78. The monoisotopic (exact) mass is 430 g/mol. The van der Waals surface area contributed by atoms with Crippen LogP contribution in [-0.2, 0) is 9.53 Å². The van der Waals surface area contributed by atoms with Gasteiger partial charge in [-0.1, -0.05) is 24.3 Å². The van der Waals surface area contributed by atoms with E-state index < -0.39 is 6.10 Å². The fraction of sp³-hybridized carbons (Fsp3) is 0.300. The molecule has 1 fully saturated rings. The van der Waals surface area contributed by atoms with Crippen LogP contribution in [-0.4, -0.2) is 55.7 Å². The average molecular weight is 431 g/mol. The Bertz CT molecular complexity index is 867. The van der Waals surface area contributed by atoms with Gasteiger partial charge >= 0.3 is 0 Å². The highest BCUT2D eigenvalue weighted by molar-refractivity contribution is 9.10. The number of halogens is 1. The van der Waals surface area contributed by atoms with Gasteiger partial charge in [0.25, 0.3) is 11.8 Å². The summed E-state index contributed by atoms with van der Waals surface area (Å²) in [7, 11) is 0. The van der Waals surface area contributed by atoms with Crippen molar-refractivity contribution >= 4 is 33.4 Å². The summed E-state index contributed by atoms with van der Waals surface area (Å²) >= 11 is 3.44. The third-order valence-electron chi connectivity index (χ3n) is 4.72. The molecule has 2 aromatic rings. The van der Waals surface area contributed by atoms with Gasteiger partial charge in [0, 0.05) is 17.6 Å². The quantitative estimate of drug-likeness (QED) is 0.734. The first-order valence-corrected chi connectivity index (χ1v) is 9.63. The van der Waals surface area contributed by atoms with E-state index in [-0.39, 0.29) is 18.4 Å². The summed E-state index contributed by atoms with van der Waals surface area (Å²) in [6.07, 6.45) is -0.732. The van der Waals surface area contributed by atoms with Crippen LogP contribution in [0.1, 0.15) is 10.4 Å². The largest absolute Gasteiger partial charge is 0.476 e. The number of ether oxygens (including phenoxy) is 2. The molecule has 140 valence electrons. The van der Waals surface area contributed by atoms with E-state index in [4.69, 9.17) is 9.47 Å². The van der Waals surface area contributed by atoms with Gasteiger partial charge in [-0.2, -0.15) is 0 Å². The summed E-state index contributed by atoms with van der Waals surface area (Å²) in [6.45, 7) is 2.30. The molecular formula is C20H19BrN2O4. The van der Waals surface area contributed by atoms with E-state index in [2.05, 4.69) is 15.9 Å². The molecule has 0 aliphatic carbocycles. The van der Waals surface area contributed by atoms with Gasteiger partial charge in [0.2, 0.25) is 0 Å². The third kappa shape index (κ3) is 3.57. The highest BCUT2D eigenvalue weighted by Crippen LogP contribution is 2.35. The Kier molecular flexibility index (Phi) is 5.13. The fourth-order valence-electron chi connectivity index (χ4n) is 3.32. The maximum absolute atomic E-state index is 13.2. The summed E-state index contributed by atoms with van der Waals surface area (Å²) in [5.74, 6) is 0.256. The molecule has 1 atom stereocenters. The molecule has 2 heterocycles. The number of para-hydroxylation sites is 2. The lowest BCUT2D eigenvalue weighted by atomic mass is 10.1. The lowest BCUT2D eigenvalue weighted by Gasteiger charge is -2.37. The van der Waals surface area contributed by atoms with Gasteiger partial charge in [-0.05, 0) is 40.2 Å². The van der Waals surface area contributed by atoms with Gasteiger partial charge < -0.3 is 19.3 Å². The molecule has 2 amide bonds. The summed E-state index contributed by atoms with van der Waals surface area (Å²) in [5, 5.41) is 0. The first kappa shape index (κ1) is 18.0. The van der Waals surface area contributed by atoms with Crippen molar-refractivity contribution in [3.63, 3.8) is 0 Å². The second kappa shape index (κ2) is 7.70. The number of hydrogen-bond acceptors (Lipinski definition) is 4. The molecule has 0 saturated carbocycles. The number of benzene rings is 2. The maximum atomic E-state index is 13.2. The normalized spacial score (nSPS) is 19.2. The highest BCUT2D eigenvalue weighted by Gasteiger charge is 2.37. The average Bonchev–Trinajstić information content (AvgIpc) is 2.73. The number of rotatable bonds is 2. The Labute approximate surface area is 165 Å². The predicted octanol–water partition coefficient (Wildman–Crippen LogP) is 2.72. The van der Waals surface area contributed by atoms with Crippen molar-refractivity contribution in [2.45, 2.75) is 6.10 Å². The molecule has 0 N–H and O–H groups in total. The van der Waals surface area contributed by atoms with E-state index in [9.17, 15) is 9.59 Å². The second-order valence-electron chi connectivity index (χ2n) is 6.41. The molecule has 2 aromatic carbocycles. The van der Waals surface area contributed by atoms with E-state index in [1.54, 1.807) is 21.9 Å². The molecule has 0 aromatic heterocycles. The lowest BCUT2D eigenvalue weighted by molar-refractivity contribution is -0.142. The summed E-state index contributed by atoms with van der Waals surface area (Å²) in [6, 6.07) is 14.6. The van der Waals surface area contributed by atoms with Crippen LogP contribution < -0.4 is 9.64 Å². The van der Waals surface area contributed by atoms with Crippen molar-refractivity contribution in [2.24, 2.45) is 0 Å². The zero-order valence-corrected chi connectivity index (χ0v) is 16.2. The first-order valence-electron chi connectivity index (χ1n) is 8.84. The van der Waals surface area contributed by atoms with Crippen LogP contribution in [0.25, 0.3) is 0 Å². The molecule has 6 nitrogen and oxygen atoms in total. The lowest BCUT2D eigenvalue weighted by Crippen LogP contribution is -2.54. The van der Waals surface area contributed by atoms with Crippen molar-refractivity contribution in [1.29, 1.82) is 0 Å². The molecule has 4 rings (SSSR count). The summed E-state index contributed by atoms with van der Waals surface area (Å²) < 4.78 is 12.0. The van der Waals surface area contributed by atoms with Gasteiger partial charge in [-0.15, -0.1) is 0 Å². The second-order valence-corrected chi connectivity index (χ2v) is 7.26. The maximum Gasteiger partial charge on any atom is 0.265 e. The Morgan fingerprint density at radius 2 is 1.70 bits per heavy atom. The zero-order valence-electron chi connectivity index (χ0n) is 14.6. The van der Waals surface area contributed by atoms with Crippen LogP contribution >= 0.6 is 15.9 Å². The molecule has 0 radical (unpaired) electrons. The van der Waals surface area contributed by atoms with Crippen molar-refractivity contribution < 1.29 is 19.1 Å². The third-order valence-corrected chi connectivity index (χ3v) is 5.41. The molecule has 2 aliphatic rings. The molecular weight excluding hydrogens is 412 g/mol. The molecule has 27 heavy (non-hydrogen) atoms. The van der Waals surface area contributed by atoms with Gasteiger partial charge in [0.05, 0.1) is 31.0 Å². The van der Waals surface area contributed by atoms with Crippen molar-refractivity contribution in [1.82, 2.24) is 4.90 Å². The van der Waals surface area contributed by atoms with E-state index in [1.165, 1.54) is 0 Å². The molecule has 1 saturated heterocycles. The number of hydrogen-bond donors (Lipinski definition) is 0. The van der Waals surface area contributed by atoms with Gasteiger partial charge in [-0.25, -0.2) is 0 Å². The standard InChI is InChI=1S/C20H19BrN2O4/c21-15-6-2-1-5-14(15)19(24)23-13-18(20(25)22-9-11-26-12-10-22)27-17-8-4-3-7-16(17)23/h1-8,18H,9-13H2. The summed E-state index contributed by atoms with van der Waals surface area (Å²) in [4.78, 5) is 29.5. The minimum atomic E-state index is -0.732. The number of carbonyl (C=O) groups excluding carboxylic acids is 2. The van der Waals surface area contributed by atoms with Crippen LogP contribution in [0.2, 0.25) is 0 Å². The minimum absolute atomic E-state index is 0.113. The molecule has 7 heteroatoms. The van der Waals surface area contributed by atoms with E-state index >= 15 is 0 Å². The molecule has 1 unspecified atom stereocenters. The molecule has 2 aliphatic heterocycles. The van der Waals surface area contributed by atoms with E-state index in [1.807, 2.05) is 36.4 Å². The van der Waals surface area contributed by atoms with Crippen LogP contribution in [0.4, 0.5) is 5.69 Å². The van der Waals surface area contributed by atoms with Crippen molar-refractivity contribution in [3.05, 3.63) is 58.6 Å². The number of anilines is 1. The van der Waals surface area contributed by atoms with Crippen molar-refractivity contribution in [3.8, 4) is 5.75 Å². The zero-order chi connectivity index (χ0) is 18.8. The van der Waals surface area contributed by atoms with Gasteiger partial charge in [-0.3, -0.25) is 9.59 Å². The Balaban J connectivity index is 1.65. The first-order chi connectivity index (χ1) is 13.1. The topological polar surface area (TPSA) is 59.1 Å². The number of morpholine rings is 1. The van der Waals surface area contributed by atoms with E-state index in [0.717, 1.165) is 4.47 Å². The highest BCUT2D eigenvalue weighted by atomic mass is 79.9. The Morgan fingerprint density at radius 3 is 2.48 bits per heavy atom. The predicted molar refractivity (Wildman–Crippen MR) is 104 cm³/mol. The number of amides is 2. The number of carbonyl (C=O) groups is 2. The Morgan fingerprint density at radius 1 is 1.00 bits per heavy atom. The van der Waals surface area contributed by atoms with E-state index in [0.29, 0.717) is 43.3 Å². The number of fused-ring (bicyclic) bond motifs is 1. The van der Waals surface area contributed by atoms with Crippen LogP contribution in [0.15, 0.2) is 53.0 Å². The minimum Gasteiger partial charge on any atom is -0.476 e. The van der Waals surface area contributed by atoms with Crippen molar-refractivity contribution in [2.75, 3.05) is 37.7 Å². The molecule has 0 bridgehead atoms. The van der Waals surface area contributed by atoms with Crippen LogP contribution in [0.3, 0.4) is 0 Å².